The van der Waals surface area contributed by atoms with Crippen LogP contribution in [0.1, 0.15) is 80.1 Å². The van der Waals surface area contributed by atoms with Crippen molar-refractivity contribution in [2.75, 3.05) is 0 Å². The molecule has 0 heterocycles. The number of rotatable bonds is 12. The Hall–Kier alpha value is 3.26. The molecule has 0 spiro atoms. The molecule has 0 saturated heterocycles. The van der Waals surface area contributed by atoms with Gasteiger partial charge >= 0.3 is 118 Å². The Morgan fingerprint density at radius 2 is 0.939 bits per heavy atom. The Balaban J connectivity index is -0.000000653. The van der Waals surface area contributed by atoms with E-state index in [4.69, 9.17) is 0 Å². The van der Waals surface area contributed by atoms with Gasteiger partial charge in [0.05, 0.1) is 0 Å². The van der Waals surface area contributed by atoms with E-state index in [1.165, 1.54) is 23.3 Å². The van der Waals surface area contributed by atoms with Crippen LogP contribution in [-0.2, 0) is 9.13 Å². The summed E-state index contributed by atoms with van der Waals surface area (Å²) in [4.78, 5) is 44.3. The van der Waals surface area contributed by atoms with Crippen LogP contribution >= 0.6 is 15.2 Å². The van der Waals surface area contributed by atoms with Crippen LogP contribution in [-0.4, -0.2) is 4.90 Å². The Labute approximate surface area is 289 Å². The molecule has 0 saturated carbocycles. The van der Waals surface area contributed by atoms with Crippen LogP contribution in [0.25, 0.3) is 0 Å². The Bertz CT molecular complexity index is 737. The van der Waals surface area contributed by atoms with E-state index >= 15 is 0 Å². The number of hydrogen-bond donors (Lipinski definition) is 0. The average Bonchev–Trinajstić information content (AvgIpc) is 2.51. The van der Waals surface area contributed by atoms with Gasteiger partial charge in [0.25, 0.3) is 0 Å². The molecular weight excluding hydrogens is 502 g/mol. The molecule has 12 heteroatoms. The van der Waals surface area contributed by atoms with Crippen molar-refractivity contribution >= 4 is 15.2 Å². The third-order valence-corrected chi connectivity index (χ3v) is 9.00. The molecule has 0 aromatic rings. The van der Waals surface area contributed by atoms with E-state index in [1.54, 1.807) is 20.8 Å². The maximum Gasteiger partial charge on any atom is 1.00 e. The van der Waals surface area contributed by atoms with Gasteiger partial charge in [-0.1, -0.05) is 61.8 Å². The Morgan fingerprint density at radius 3 is 1.30 bits per heavy atom. The topological polar surface area (TPSA) is 126 Å². The van der Waals surface area contributed by atoms with Gasteiger partial charge < -0.3 is 28.7 Å². The van der Waals surface area contributed by atoms with Gasteiger partial charge in [-0.2, -0.15) is 0 Å². The van der Waals surface area contributed by atoms with Crippen molar-refractivity contribution in [3.8, 4) is 0 Å². The first kappa shape index (κ1) is 46.1. The molecule has 168 valence electrons. The molecule has 0 atom stereocenters. The van der Waals surface area contributed by atoms with Crippen LogP contribution in [0.4, 0.5) is 0 Å². The van der Waals surface area contributed by atoms with E-state index in [9.17, 15) is 28.7 Å². The number of hydrogen-bond acceptors (Lipinski definition) is 6. The predicted molar refractivity (Wildman–Crippen MR) is 112 cm³/mol. The molecule has 0 aromatic heterocycles. The van der Waals surface area contributed by atoms with E-state index in [2.05, 4.69) is 26.0 Å². The zero-order chi connectivity index (χ0) is 22.9. The van der Waals surface area contributed by atoms with Gasteiger partial charge in [-0.05, 0) is 80.1 Å². The SMILES string of the molecule is CC(C)=CCC/C(C)=C/CC/C(C)=C/CC(CC=C(C)C)(P(=O)([O-])[O-])P(=O)([O-])[O-].[Na+].[Na+].[Na+].[Na+]. The van der Waals surface area contributed by atoms with Gasteiger partial charge in [-0.3, -0.25) is 0 Å². The molecule has 0 aliphatic carbocycles. The van der Waals surface area contributed by atoms with E-state index < -0.39 is 32.9 Å². The fourth-order valence-corrected chi connectivity index (χ4v) is 5.18. The second-order valence-electron chi connectivity index (χ2n) is 8.13. The maximum absolute atomic E-state index is 11.8. The molecule has 0 rings (SSSR count). The monoisotopic (exact) mass is 536 g/mol. The van der Waals surface area contributed by atoms with Crippen LogP contribution in [0.3, 0.4) is 0 Å². The minimum absolute atomic E-state index is 0. The smallest absolute Gasteiger partial charge is 0.810 e. The van der Waals surface area contributed by atoms with Gasteiger partial charge in [0.15, 0.2) is 0 Å². The van der Waals surface area contributed by atoms with Crippen molar-refractivity contribution in [1.29, 1.82) is 0 Å². The fourth-order valence-electron chi connectivity index (χ4n) is 2.72. The summed E-state index contributed by atoms with van der Waals surface area (Å²) in [6.07, 6.45) is 8.93. The Morgan fingerprint density at radius 1 is 0.606 bits per heavy atom. The number of allylic oxidation sites excluding steroid dienone is 8. The van der Waals surface area contributed by atoms with E-state index in [-0.39, 0.29) is 118 Å². The normalized spacial score (nSPS) is 12.3. The van der Waals surface area contributed by atoms with Crippen molar-refractivity contribution in [2.45, 2.75) is 85.0 Å². The molecule has 0 aromatic carbocycles. The van der Waals surface area contributed by atoms with Crippen molar-refractivity contribution in [3.05, 3.63) is 46.6 Å². The zero-order valence-corrected chi connectivity index (χ0v) is 32.2. The maximum atomic E-state index is 11.8. The summed E-state index contributed by atoms with van der Waals surface area (Å²) in [5.41, 5.74) is 3.88. The van der Waals surface area contributed by atoms with E-state index in [0.29, 0.717) is 18.4 Å². The summed E-state index contributed by atoms with van der Waals surface area (Å²) in [5, 5.41) is 0. The summed E-state index contributed by atoms with van der Waals surface area (Å²) in [6, 6.07) is 0. The standard InChI is InChI=1S/C21H38O6P2.4Na/c1-17(2)9-7-10-19(5)11-8-12-20(6)14-16-21(28(22,23)24,29(25,26)27)15-13-18(3)4;;;;/h9,11,13-14H,7-8,10,12,15-16H2,1-6H3,(H2,22,23,24)(H2,25,26,27);;;;/q;4*+1/p-4/b19-11+,20-14+;;;;. The molecule has 6 nitrogen and oxygen atoms in total. The van der Waals surface area contributed by atoms with Crippen molar-refractivity contribution < 1.29 is 147 Å². The molecule has 33 heavy (non-hydrogen) atoms. The summed E-state index contributed by atoms with van der Waals surface area (Å²) in [5.74, 6) is 0. The quantitative estimate of drug-likeness (QED) is 0.139. The third kappa shape index (κ3) is 19.0. The van der Waals surface area contributed by atoms with Gasteiger partial charge in [0.2, 0.25) is 0 Å². The largest absolute Gasteiger partial charge is 1.00 e. The van der Waals surface area contributed by atoms with E-state index in [0.717, 1.165) is 18.4 Å². The molecule has 0 bridgehead atoms. The molecule has 0 amide bonds. The molecule has 0 aliphatic rings. The van der Waals surface area contributed by atoms with Crippen molar-refractivity contribution in [2.24, 2.45) is 0 Å². The molecule has 0 radical (unpaired) electrons. The average molecular weight is 536 g/mol. The summed E-state index contributed by atoms with van der Waals surface area (Å²) < 4.78 is 23.6. The van der Waals surface area contributed by atoms with Gasteiger partial charge in [-0.15, -0.1) is 0 Å². The summed E-state index contributed by atoms with van der Waals surface area (Å²) in [6.45, 7) is 11.2. The van der Waals surface area contributed by atoms with Crippen LogP contribution in [0.5, 0.6) is 0 Å². The van der Waals surface area contributed by atoms with Crippen LogP contribution in [0.15, 0.2) is 46.6 Å². The second-order valence-corrected chi connectivity index (χ2v) is 12.2. The molecule has 0 N–H and O–H groups in total. The minimum atomic E-state index is -5.70. The molecule has 0 aliphatic heterocycles. The third-order valence-electron chi connectivity index (χ3n) is 4.76. The first-order chi connectivity index (χ1) is 13.1. The first-order valence-electron chi connectivity index (χ1n) is 9.74. The fraction of sp³-hybridized carbons (Fsp3) is 0.619. The van der Waals surface area contributed by atoms with Crippen molar-refractivity contribution in [1.82, 2.24) is 0 Å². The minimum Gasteiger partial charge on any atom is -0.810 e. The predicted octanol–water partition coefficient (Wildman–Crippen LogP) is -8.31. The van der Waals surface area contributed by atoms with Gasteiger partial charge in [-0.25, -0.2) is 0 Å². The summed E-state index contributed by atoms with van der Waals surface area (Å²) in [7, 11) is -11.4. The molecular formula is C21H34Na4O6P2. The van der Waals surface area contributed by atoms with Crippen molar-refractivity contribution in [3.63, 3.8) is 0 Å². The van der Waals surface area contributed by atoms with Crippen LogP contribution < -0.4 is 138 Å². The van der Waals surface area contributed by atoms with Gasteiger partial charge in [0.1, 0.15) is 0 Å². The van der Waals surface area contributed by atoms with Crippen LogP contribution in [0.2, 0.25) is 0 Å². The zero-order valence-electron chi connectivity index (χ0n) is 22.4. The first-order valence-corrected chi connectivity index (χ1v) is 12.8. The molecule has 0 fully saturated rings. The van der Waals surface area contributed by atoms with Crippen LogP contribution in [0, 0.1) is 0 Å². The second kappa shape index (κ2) is 22.1. The van der Waals surface area contributed by atoms with Gasteiger partial charge in [0, 0.05) is 4.90 Å². The molecule has 0 unspecified atom stereocenters. The Kier molecular flexibility index (Phi) is 30.9. The summed E-state index contributed by atoms with van der Waals surface area (Å²) >= 11 is 0. The van der Waals surface area contributed by atoms with E-state index in [1.807, 2.05) is 6.92 Å².